The van der Waals surface area contributed by atoms with Crippen molar-refractivity contribution in [2.24, 2.45) is 0 Å². The van der Waals surface area contributed by atoms with E-state index in [0.29, 0.717) is 23.8 Å². The number of carbonyl (C=O) groups excluding carboxylic acids is 1. The number of hydrogen-bond donors (Lipinski definition) is 2. The average molecular weight is 277 g/mol. The van der Waals surface area contributed by atoms with E-state index in [1.807, 2.05) is 18.4 Å². The molecule has 0 saturated carbocycles. The zero-order valence-corrected chi connectivity index (χ0v) is 12.1. The van der Waals surface area contributed by atoms with Crippen LogP contribution in [0.2, 0.25) is 0 Å². The molecular formula is C15H19NO2S. The maximum Gasteiger partial charge on any atom is 0.251 e. The second kappa shape index (κ2) is 8.63. The fraction of sp³-hybridized carbons (Fsp3) is 0.400. The summed E-state index contributed by atoms with van der Waals surface area (Å²) in [7, 11) is 0. The molecule has 0 radical (unpaired) electrons. The number of nitrogens with one attached hydrogen (secondary N) is 1. The predicted molar refractivity (Wildman–Crippen MR) is 80.3 cm³/mol. The Hall–Kier alpha value is -1.44. The quantitative estimate of drug-likeness (QED) is 0.808. The highest BCUT2D eigenvalue weighted by atomic mass is 32.2. The second-order valence-electron chi connectivity index (χ2n) is 4.11. The van der Waals surface area contributed by atoms with Gasteiger partial charge in [0.1, 0.15) is 0 Å². The van der Waals surface area contributed by atoms with Gasteiger partial charge in [0.25, 0.3) is 5.91 Å². The minimum Gasteiger partial charge on any atom is -0.395 e. The first-order valence-corrected chi connectivity index (χ1v) is 7.47. The molecule has 1 atom stereocenters. The summed E-state index contributed by atoms with van der Waals surface area (Å²) in [5.41, 5.74) is 1.41. The summed E-state index contributed by atoms with van der Waals surface area (Å²) in [5, 5.41) is 12.0. The fourth-order valence-corrected chi connectivity index (χ4v) is 1.63. The van der Waals surface area contributed by atoms with Gasteiger partial charge in [-0.15, -0.1) is 0 Å². The smallest absolute Gasteiger partial charge is 0.251 e. The van der Waals surface area contributed by atoms with Crippen LogP contribution >= 0.6 is 11.8 Å². The third kappa shape index (κ3) is 5.82. The maximum absolute atomic E-state index is 11.9. The Morgan fingerprint density at radius 2 is 2.32 bits per heavy atom. The first-order valence-electron chi connectivity index (χ1n) is 6.18. The van der Waals surface area contributed by atoms with Crippen LogP contribution in [0, 0.1) is 11.8 Å². The van der Waals surface area contributed by atoms with Crippen LogP contribution in [0.25, 0.3) is 0 Å². The molecule has 0 bridgehead atoms. The van der Waals surface area contributed by atoms with Crippen LogP contribution < -0.4 is 5.32 Å². The maximum atomic E-state index is 11.9. The normalized spacial score (nSPS) is 11.3. The molecule has 1 aromatic rings. The Labute approximate surface area is 118 Å². The highest BCUT2D eigenvalue weighted by molar-refractivity contribution is 7.99. The summed E-state index contributed by atoms with van der Waals surface area (Å²) >= 11 is 1.72. The third-order valence-corrected chi connectivity index (χ3v) is 3.52. The molecule has 4 heteroatoms. The SMILES string of the molecule is CSC(C)CNC(=O)c1cccc(C#CCCO)c1. The highest BCUT2D eigenvalue weighted by Crippen LogP contribution is 2.06. The topological polar surface area (TPSA) is 49.3 Å². The number of benzene rings is 1. The molecule has 0 spiro atoms. The largest absolute Gasteiger partial charge is 0.395 e. The van der Waals surface area contributed by atoms with Crippen molar-refractivity contribution in [2.45, 2.75) is 18.6 Å². The molecule has 3 nitrogen and oxygen atoms in total. The number of hydrogen-bond acceptors (Lipinski definition) is 3. The summed E-state index contributed by atoms with van der Waals surface area (Å²) in [4.78, 5) is 11.9. The highest BCUT2D eigenvalue weighted by Gasteiger charge is 2.07. The minimum absolute atomic E-state index is 0.0553. The number of rotatable bonds is 5. The molecule has 0 aliphatic rings. The summed E-state index contributed by atoms with van der Waals surface area (Å²) in [6.07, 6.45) is 2.47. The molecule has 2 N–H and O–H groups in total. The lowest BCUT2D eigenvalue weighted by atomic mass is 10.1. The Morgan fingerprint density at radius 3 is 3.00 bits per heavy atom. The van der Waals surface area contributed by atoms with E-state index in [0.717, 1.165) is 5.56 Å². The Morgan fingerprint density at radius 1 is 1.53 bits per heavy atom. The summed E-state index contributed by atoms with van der Waals surface area (Å²) < 4.78 is 0. The molecule has 1 aromatic carbocycles. The van der Waals surface area contributed by atoms with Gasteiger partial charge in [0.2, 0.25) is 0 Å². The van der Waals surface area contributed by atoms with Crippen molar-refractivity contribution in [1.29, 1.82) is 0 Å². The van der Waals surface area contributed by atoms with Crippen molar-refractivity contribution in [1.82, 2.24) is 5.32 Å². The summed E-state index contributed by atoms with van der Waals surface area (Å²) in [5.74, 6) is 5.69. The van der Waals surface area contributed by atoms with Crippen LogP contribution in [0.5, 0.6) is 0 Å². The molecule has 1 amide bonds. The number of aliphatic hydroxyl groups excluding tert-OH is 1. The van der Waals surface area contributed by atoms with Gasteiger partial charge in [-0.2, -0.15) is 11.8 Å². The number of thioether (sulfide) groups is 1. The van der Waals surface area contributed by atoms with E-state index in [4.69, 9.17) is 5.11 Å². The third-order valence-electron chi connectivity index (χ3n) is 2.55. The van der Waals surface area contributed by atoms with E-state index >= 15 is 0 Å². The predicted octanol–water partition coefficient (Wildman–Crippen LogP) is 1.90. The van der Waals surface area contributed by atoms with Crippen LogP contribution in [0.4, 0.5) is 0 Å². The first kappa shape index (κ1) is 15.6. The van der Waals surface area contributed by atoms with E-state index in [1.165, 1.54) is 0 Å². The lowest BCUT2D eigenvalue weighted by Gasteiger charge is -2.09. The zero-order valence-electron chi connectivity index (χ0n) is 11.3. The standard InChI is InChI=1S/C15H19NO2S/c1-12(19-2)11-16-15(18)14-8-5-7-13(10-14)6-3-4-9-17/h5,7-8,10,12,17H,4,9,11H2,1-2H3,(H,16,18). The van der Waals surface area contributed by atoms with Crippen molar-refractivity contribution in [3.8, 4) is 11.8 Å². The second-order valence-corrected chi connectivity index (χ2v) is 5.39. The van der Waals surface area contributed by atoms with Crippen molar-refractivity contribution < 1.29 is 9.90 Å². The molecule has 0 fully saturated rings. The Bertz CT molecular complexity index is 477. The van der Waals surface area contributed by atoms with Gasteiger partial charge in [0.05, 0.1) is 6.61 Å². The Balaban J connectivity index is 2.66. The van der Waals surface area contributed by atoms with Crippen LogP contribution in [0.3, 0.4) is 0 Å². The van der Waals surface area contributed by atoms with Gasteiger partial charge in [-0.25, -0.2) is 0 Å². The monoisotopic (exact) mass is 277 g/mol. The molecule has 0 aromatic heterocycles. The van der Waals surface area contributed by atoms with E-state index < -0.39 is 0 Å². The van der Waals surface area contributed by atoms with Gasteiger partial charge < -0.3 is 10.4 Å². The fourth-order valence-electron chi connectivity index (χ4n) is 1.38. The molecule has 0 heterocycles. The average Bonchev–Trinajstić information content (AvgIpc) is 2.45. The van der Waals surface area contributed by atoms with E-state index in [9.17, 15) is 4.79 Å². The van der Waals surface area contributed by atoms with Crippen molar-refractivity contribution in [3.05, 3.63) is 35.4 Å². The molecule has 102 valence electrons. The minimum atomic E-state index is -0.0771. The van der Waals surface area contributed by atoms with Gasteiger partial charge >= 0.3 is 0 Å². The summed E-state index contributed by atoms with van der Waals surface area (Å²) in [6, 6.07) is 7.21. The molecule has 19 heavy (non-hydrogen) atoms. The van der Waals surface area contributed by atoms with Crippen LogP contribution in [0.1, 0.15) is 29.3 Å². The number of aliphatic hydroxyl groups is 1. The van der Waals surface area contributed by atoms with Gasteiger partial charge in [-0.3, -0.25) is 4.79 Å². The lowest BCUT2D eigenvalue weighted by molar-refractivity contribution is 0.0954. The van der Waals surface area contributed by atoms with Crippen molar-refractivity contribution in [3.63, 3.8) is 0 Å². The lowest BCUT2D eigenvalue weighted by Crippen LogP contribution is -2.29. The Kier molecular flexibility index (Phi) is 7.09. The van der Waals surface area contributed by atoms with Crippen molar-refractivity contribution >= 4 is 17.7 Å². The number of amides is 1. The molecule has 0 saturated heterocycles. The van der Waals surface area contributed by atoms with E-state index in [1.54, 1.807) is 23.9 Å². The first-order chi connectivity index (χ1) is 9.17. The van der Waals surface area contributed by atoms with E-state index in [-0.39, 0.29) is 12.5 Å². The van der Waals surface area contributed by atoms with Crippen LogP contribution in [0.15, 0.2) is 24.3 Å². The van der Waals surface area contributed by atoms with Gasteiger partial charge in [-0.1, -0.05) is 24.8 Å². The van der Waals surface area contributed by atoms with Crippen LogP contribution in [-0.4, -0.2) is 35.7 Å². The molecule has 1 unspecified atom stereocenters. The molecular weight excluding hydrogens is 258 g/mol. The van der Waals surface area contributed by atoms with Crippen LogP contribution in [-0.2, 0) is 0 Å². The van der Waals surface area contributed by atoms with E-state index in [2.05, 4.69) is 24.1 Å². The zero-order chi connectivity index (χ0) is 14.1. The molecule has 1 rings (SSSR count). The number of carbonyl (C=O) groups is 1. The molecule has 0 aliphatic carbocycles. The molecule has 0 aliphatic heterocycles. The van der Waals surface area contributed by atoms with Gasteiger partial charge in [-0.05, 0) is 24.5 Å². The van der Waals surface area contributed by atoms with Crippen molar-refractivity contribution in [2.75, 3.05) is 19.4 Å². The van der Waals surface area contributed by atoms with Gasteiger partial charge in [0, 0.05) is 29.3 Å². The summed E-state index contributed by atoms with van der Waals surface area (Å²) in [6.45, 7) is 2.78. The van der Waals surface area contributed by atoms with Gasteiger partial charge in [0.15, 0.2) is 0 Å².